The maximum absolute atomic E-state index is 9.29. The molecule has 0 aliphatic carbocycles. The minimum absolute atomic E-state index is 0.296. The average Bonchev–Trinajstić information content (AvgIpc) is 2.61. The first kappa shape index (κ1) is 9.69. The fraction of sp³-hybridized carbons (Fsp3) is 0.500. The molecule has 2 rings (SSSR count). The van der Waals surface area contributed by atoms with Gasteiger partial charge in [0, 0.05) is 18.6 Å². The highest BCUT2D eigenvalue weighted by Gasteiger charge is 2.31. The van der Waals surface area contributed by atoms with E-state index in [2.05, 4.69) is 36.2 Å². The standard InChI is InChI=1S/C12H17NO/c1-13-8-7-11(9-14)12(13)10-5-3-2-4-6-10/h2-6,11-12,14H,7-9H2,1H3/t11-,12-/m1/s1. The van der Waals surface area contributed by atoms with Crippen LogP contribution in [0.3, 0.4) is 0 Å². The lowest BCUT2D eigenvalue weighted by molar-refractivity contribution is 0.182. The summed E-state index contributed by atoms with van der Waals surface area (Å²) in [5.41, 5.74) is 1.33. The summed E-state index contributed by atoms with van der Waals surface area (Å²) in [6.45, 7) is 1.38. The zero-order chi connectivity index (χ0) is 9.97. The average molecular weight is 191 g/mol. The summed E-state index contributed by atoms with van der Waals surface area (Å²) >= 11 is 0. The second-order valence-electron chi connectivity index (χ2n) is 4.07. The zero-order valence-corrected chi connectivity index (χ0v) is 8.56. The van der Waals surface area contributed by atoms with Crippen molar-refractivity contribution in [1.82, 2.24) is 4.90 Å². The van der Waals surface area contributed by atoms with Gasteiger partial charge in [-0.2, -0.15) is 0 Å². The number of aliphatic hydroxyl groups excluding tert-OH is 1. The van der Waals surface area contributed by atoms with Crippen molar-refractivity contribution in [2.75, 3.05) is 20.2 Å². The van der Waals surface area contributed by atoms with Gasteiger partial charge in [0.1, 0.15) is 0 Å². The third-order valence-electron chi connectivity index (χ3n) is 3.15. The van der Waals surface area contributed by atoms with Gasteiger partial charge < -0.3 is 5.11 Å². The molecule has 76 valence electrons. The van der Waals surface area contributed by atoms with Crippen molar-refractivity contribution in [3.8, 4) is 0 Å². The molecule has 2 atom stereocenters. The van der Waals surface area contributed by atoms with Gasteiger partial charge in [0.15, 0.2) is 0 Å². The minimum atomic E-state index is 0.296. The van der Waals surface area contributed by atoms with Crippen LogP contribution in [-0.4, -0.2) is 30.2 Å². The van der Waals surface area contributed by atoms with E-state index in [1.165, 1.54) is 5.56 Å². The van der Waals surface area contributed by atoms with Crippen molar-refractivity contribution < 1.29 is 5.11 Å². The van der Waals surface area contributed by atoms with Crippen LogP contribution in [0.4, 0.5) is 0 Å². The largest absolute Gasteiger partial charge is 0.396 e. The lowest BCUT2D eigenvalue weighted by Crippen LogP contribution is -2.22. The van der Waals surface area contributed by atoms with Crippen molar-refractivity contribution in [2.45, 2.75) is 12.5 Å². The highest BCUT2D eigenvalue weighted by Crippen LogP contribution is 2.35. The van der Waals surface area contributed by atoms with Crippen LogP contribution in [0.15, 0.2) is 30.3 Å². The number of likely N-dealkylation sites (tertiary alicyclic amines) is 1. The quantitative estimate of drug-likeness (QED) is 0.768. The number of benzene rings is 1. The topological polar surface area (TPSA) is 23.5 Å². The van der Waals surface area contributed by atoms with E-state index in [1.807, 2.05) is 6.07 Å². The molecule has 0 bridgehead atoms. The van der Waals surface area contributed by atoms with Gasteiger partial charge in [0.25, 0.3) is 0 Å². The molecule has 2 nitrogen and oxygen atoms in total. The molecular weight excluding hydrogens is 174 g/mol. The van der Waals surface area contributed by atoms with Crippen LogP contribution in [0.25, 0.3) is 0 Å². The first-order chi connectivity index (χ1) is 6.83. The Balaban J connectivity index is 2.23. The third-order valence-corrected chi connectivity index (χ3v) is 3.15. The van der Waals surface area contributed by atoms with Crippen molar-refractivity contribution in [3.63, 3.8) is 0 Å². The first-order valence-electron chi connectivity index (χ1n) is 5.19. The van der Waals surface area contributed by atoms with E-state index in [0.717, 1.165) is 13.0 Å². The second kappa shape index (κ2) is 4.11. The number of hydrogen-bond donors (Lipinski definition) is 1. The first-order valence-corrected chi connectivity index (χ1v) is 5.19. The molecule has 1 aliphatic rings. The van der Waals surface area contributed by atoms with Gasteiger partial charge in [-0.1, -0.05) is 30.3 Å². The highest BCUT2D eigenvalue weighted by atomic mass is 16.3. The van der Waals surface area contributed by atoms with Crippen molar-refractivity contribution in [1.29, 1.82) is 0 Å². The third kappa shape index (κ3) is 1.68. The van der Waals surface area contributed by atoms with Gasteiger partial charge in [-0.3, -0.25) is 4.90 Å². The molecule has 0 saturated carbocycles. The minimum Gasteiger partial charge on any atom is -0.396 e. The van der Waals surface area contributed by atoms with Gasteiger partial charge in [0.05, 0.1) is 0 Å². The van der Waals surface area contributed by atoms with Gasteiger partial charge in [-0.15, -0.1) is 0 Å². The molecule has 0 unspecified atom stereocenters. The van der Waals surface area contributed by atoms with E-state index in [1.54, 1.807) is 0 Å². The Bertz CT molecular complexity index is 286. The van der Waals surface area contributed by atoms with Gasteiger partial charge >= 0.3 is 0 Å². The van der Waals surface area contributed by atoms with Crippen molar-refractivity contribution >= 4 is 0 Å². The molecule has 1 aromatic carbocycles. The number of nitrogens with zero attached hydrogens (tertiary/aromatic N) is 1. The molecule has 2 heteroatoms. The Morgan fingerprint density at radius 1 is 1.36 bits per heavy atom. The molecule has 0 aromatic heterocycles. The van der Waals surface area contributed by atoms with E-state index in [9.17, 15) is 5.11 Å². The van der Waals surface area contributed by atoms with E-state index in [0.29, 0.717) is 18.6 Å². The normalized spacial score (nSPS) is 28.1. The molecule has 1 N–H and O–H groups in total. The van der Waals surface area contributed by atoms with E-state index < -0.39 is 0 Å². The maximum atomic E-state index is 9.29. The van der Waals surface area contributed by atoms with E-state index >= 15 is 0 Å². The lowest BCUT2D eigenvalue weighted by Gasteiger charge is -2.24. The van der Waals surface area contributed by atoms with Crippen LogP contribution < -0.4 is 0 Å². The second-order valence-corrected chi connectivity index (χ2v) is 4.07. The summed E-state index contributed by atoms with van der Waals surface area (Å²) in [6, 6.07) is 10.9. The number of rotatable bonds is 2. The summed E-state index contributed by atoms with van der Waals surface area (Å²) in [4.78, 5) is 2.33. The SMILES string of the molecule is CN1CC[C@H](CO)[C@H]1c1ccccc1. The Kier molecular flexibility index (Phi) is 2.85. The van der Waals surface area contributed by atoms with Crippen LogP contribution in [0.1, 0.15) is 18.0 Å². The van der Waals surface area contributed by atoms with Crippen molar-refractivity contribution in [2.24, 2.45) is 5.92 Å². The molecule has 1 fully saturated rings. The molecule has 1 aromatic rings. The summed E-state index contributed by atoms with van der Waals surface area (Å²) in [6.07, 6.45) is 1.10. The summed E-state index contributed by atoms with van der Waals surface area (Å²) in [7, 11) is 2.13. The fourth-order valence-electron chi connectivity index (χ4n) is 2.39. The predicted octanol–water partition coefficient (Wildman–Crippen LogP) is 1.67. The lowest BCUT2D eigenvalue weighted by atomic mass is 9.95. The number of aliphatic hydroxyl groups is 1. The molecule has 14 heavy (non-hydrogen) atoms. The van der Waals surface area contributed by atoms with Gasteiger partial charge in [-0.05, 0) is 25.6 Å². The van der Waals surface area contributed by atoms with Gasteiger partial charge in [-0.25, -0.2) is 0 Å². The molecule has 1 saturated heterocycles. The van der Waals surface area contributed by atoms with Crippen LogP contribution in [0, 0.1) is 5.92 Å². The van der Waals surface area contributed by atoms with Crippen molar-refractivity contribution in [3.05, 3.63) is 35.9 Å². The summed E-state index contributed by atoms with van der Waals surface area (Å²) in [5.74, 6) is 0.405. The number of hydrogen-bond acceptors (Lipinski definition) is 2. The molecule has 0 radical (unpaired) electrons. The molecule has 1 aliphatic heterocycles. The predicted molar refractivity (Wildman–Crippen MR) is 57.0 cm³/mol. The molecule has 0 spiro atoms. The van der Waals surface area contributed by atoms with Gasteiger partial charge in [0.2, 0.25) is 0 Å². The fourth-order valence-corrected chi connectivity index (χ4v) is 2.39. The van der Waals surface area contributed by atoms with E-state index in [4.69, 9.17) is 0 Å². The smallest absolute Gasteiger partial charge is 0.0478 e. The Morgan fingerprint density at radius 3 is 2.71 bits per heavy atom. The Morgan fingerprint density at radius 2 is 2.07 bits per heavy atom. The maximum Gasteiger partial charge on any atom is 0.0478 e. The van der Waals surface area contributed by atoms with E-state index in [-0.39, 0.29) is 0 Å². The van der Waals surface area contributed by atoms with Crippen LogP contribution in [0.2, 0.25) is 0 Å². The summed E-state index contributed by atoms with van der Waals surface area (Å²) in [5, 5.41) is 9.29. The molecule has 0 amide bonds. The van der Waals surface area contributed by atoms with Crippen LogP contribution in [0.5, 0.6) is 0 Å². The Labute approximate surface area is 85.2 Å². The highest BCUT2D eigenvalue weighted by molar-refractivity contribution is 5.20. The monoisotopic (exact) mass is 191 g/mol. The molecular formula is C12H17NO. The zero-order valence-electron chi connectivity index (χ0n) is 8.56. The summed E-state index contributed by atoms with van der Waals surface area (Å²) < 4.78 is 0. The van der Waals surface area contributed by atoms with Crippen LogP contribution >= 0.6 is 0 Å². The Hall–Kier alpha value is -0.860. The molecule has 1 heterocycles. The van der Waals surface area contributed by atoms with Crippen LogP contribution in [-0.2, 0) is 0 Å².